The molecule has 2 aliphatic rings. The number of hydrogen-bond donors (Lipinski definition) is 4. The highest BCUT2D eigenvalue weighted by Gasteiger charge is 2.34. The number of amidine groups is 1. The number of aliphatic hydroxyl groups excluding tert-OH is 1. The van der Waals surface area contributed by atoms with Crippen LogP contribution in [0.5, 0.6) is 0 Å². The molecule has 4 N–H and O–H groups in total. The fourth-order valence-corrected chi connectivity index (χ4v) is 4.95. The molecular weight excluding hydrogens is 438 g/mol. The molecule has 3 rings (SSSR count). The number of hydrogen-bond acceptors (Lipinski definition) is 5. The van der Waals surface area contributed by atoms with E-state index in [0.29, 0.717) is 43.5 Å². The maximum Gasteiger partial charge on any atom is 0.231 e. The lowest BCUT2D eigenvalue weighted by atomic mass is 9.97. The van der Waals surface area contributed by atoms with Gasteiger partial charge in [-0.1, -0.05) is 44.5 Å². The van der Waals surface area contributed by atoms with Gasteiger partial charge in [-0.2, -0.15) is 0 Å². The van der Waals surface area contributed by atoms with Crippen LogP contribution in [0.25, 0.3) is 0 Å². The average molecular weight is 476 g/mol. The zero-order valence-corrected chi connectivity index (χ0v) is 21.0. The first kappa shape index (κ1) is 25.5. The molecule has 1 amide bonds. The van der Waals surface area contributed by atoms with Gasteiger partial charge in [-0.05, 0) is 36.5 Å². The van der Waals surface area contributed by atoms with Gasteiger partial charge in [-0.15, -0.1) is 0 Å². The second kappa shape index (κ2) is 11.4. The molecule has 3 atom stereocenters. The molecule has 1 heterocycles. The van der Waals surface area contributed by atoms with Gasteiger partial charge in [0.15, 0.2) is 0 Å². The van der Waals surface area contributed by atoms with Crippen molar-refractivity contribution >= 4 is 23.3 Å². The third-order valence-electron chi connectivity index (χ3n) is 6.64. The molecule has 0 aromatic heterocycles. The lowest BCUT2D eigenvalue weighted by Gasteiger charge is -2.29. The Balaban J connectivity index is 1.72. The molecule has 1 fully saturated rings. The van der Waals surface area contributed by atoms with E-state index in [1.54, 1.807) is 7.05 Å². The van der Waals surface area contributed by atoms with E-state index in [4.69, 9.17) is 17.0 Å². The van der Waals surface area contributed by atoms with E-state index in [0.717, 1.165) is 29.8 Å². The first-order chi connectivity index (χ1) is 15.7. The summed E-state index contributed by atoms with van der Waals surface area (Å²) >= 11 is 6.07. The van der Waals surface area contributed by atoms with E-state index in [1.807, 2.05) is 29.2 Å². The molecule has 182 valence electrons. The van der Waals surface area contributed by atoms with Crippen LogP contribution in [-0.2, 0) is 4.79 Å². The normalized spacial score (nSPS) is 22.5. The van der Waals surface area contributed by atoms with Crippen LogP contribution in [-0.4, -0.2) is 78.6 Å². The summed E-state index contributed by atoms with van der Waals surface area (Å²) in [7, 11) is 1.80. The third kappa shape index (κ3) is 6.08. The van der Waals surface area contributed by atoms with Crippen LogP contribution in [0.4, 0.5) is 0 Å². The number of benzene rings is 1. The summed E-state index contributed by atoms with van der Waals surface area (Å²) in [4.78, 5) is 17.6. The van der Waals surface area contributed by atoms with Gasteiger partial charge in [-0.25, -0.2) is 0 Å². The number of amides is 1. The second-order valence-corrected chi connectivity index (χ2v) is 9.85. The van der Waals surface area contributed by atoms with Crippen molar-refractivity contribution < 1.29 is 9.90 Å². The summed E-state index contributed by atoms with van der Waals surface area (Å²) in [5.41, 5.74) is 2.61. The van der Waals surface area contributed by atoms with Crippen molar-refractivity contribution in [1.29, 1.82) is 5.41 Å². The Morgan fingerprint density at radius 1 is 1.18 bits per heavy atom. The van der Waals surface area contributed by atoms with E-state index < -0.39 is 6.10 Å². The maximum atomic E-state index is 13.6. The van der Waals surface area contributed by atoms with Crippen LogP contribution in [0, 0.1) is 11.3 Å². The van der Waals surface area contributed by atoms with Gasteiger partial charge >= 0.3 is 0 Å². The molecule has 0 radical (unpaired) electrons. The number of nitrogens with one attached hydrogen (secondary N) is 3. The van der Waals surface area contributed by atoms with Gasteiger partial charge in [0.1, 0.15) is 5.84 Å². The molecule has 1 aliphatic carbocycles. The zero-order valence-electron chi connectivity index (χ0n) is 20.2. The Morgan fingerprint density at radius 3 is 2.45 bits per heavy atom. The second-order valence-electron chi connectivity index (χ2n) is 9.41. The monoisotopic (exact) mass is 475 g/mol. The van der Waals surface area contributed by atoms with Crippen molar-refractivity contribution in [3.63, 3.8) is 0 Å². The molecule has 1 aromatic rings. The van der Waals surface area contributed by atoms with E-state index in [9.17, 15) is 9.90 Å². The zero-order chi connectivity index (χ0) is 24.1. The summed E-state index contributed by atoms with van der Waals surface area (Å²) in [5.74, 6) is 0.429. The van der Waals surface area contributed by atoms with Crippen molar-refractivity contribution in [2.45, 2.75) is 51.7 Å². The van der Waals surface area contributed by atoms with Crippen LogP contribution < -0.4 is 10.6 Å². The van der Waals surface area contributed by atoms with Gasteiger partial charge < -0.3 is 25.5 Å². The largest absolute Gasteiger partial charge is 0.389 e. The highest BCUT2D eigenvalue weighted by Crippen LogP contribution is 2.32. The highest BCUT2D eigenvalue weighted by atomic mass is 35.5. The van der Waals surface area contributed by atoms with Crippen LogP contribution >= 0.6 is 11.6 Å². The predicted octanol–water partition coefficient (Wildman–Crippen LogP) is 2.81. The van der Waals surface area contributed by atoms with Crippen molar-refractivity contribution in [3.8, 4) is 0 Å². The van der Waals surface area contributed by atoms with Crippen molar-refractivity contribution in [2.24, 2.45) is 5.92 Å². The number of carbonyl (C=O) groups is 1. The lowest BCUT2D eigenvalue weighted by Crippen LogP contribution is -2.42. The Labute approximate surface area is 202 Å². The topological polar surface area (TPSA) is 91.7 Å². The van der Waals surface area contributed by atoms with E-state index in [2.05, 4.69) is 36.3 Å². The summed E-state index contributed by atoms with van der Waals surface area (Å²) in [6.07, 6.45) is 0.898. The maximum absolute atomic E-state index is 13.6. The van der Waals surface area contributed by atoms with E-state index >= 15 is 0 Å². The number of aliphatic hydroxyl groups is 1. The molecule has 0 unspecified atom stereocenters. The Morgan fingerprint density at radius 2 is 1.82 bits per heavy atom. The fourth-order valence-electron chi connectivity index (χ4n) is 4.83. The summed E-state index contributed by atoms with van der Waals surface area (Å²) < 4.78 is 0. The van der Waals surface area contributed by atoms with Gasteiger partial charge in [0.2, 0.25) is 5.91 Å². The number of carbonyl (C=O) groups excluding carboxylic acids is 1. The molecule has 1 saturated heterocycles. The van der Waals surface area contributed by atoms with Crippen molar-refractivity contribution in [3.05, 3.63) is 46.1 Å². The molecule has 0 bridgehead atoms. The summed E-state index contributed by atoms with van der Waals surface area (Å²) in [5, 5.41) is 26.3. The average Bonchev–Trinajstić information content (AvgIpc) is 2.93. The highest BCUT2D eigenvalue weighted by molar-refractivity contribution is 6.30. The van der Waals surface area contributed by atoms with Gasteiger partial charge in [-0.3, -0.25) is 10.2 Å². The van der Waals surface area contributed by atoms with Gasteiger partial charge in [0.05, 0.1) is 12.0 Å². The molecule has 1 aliphatic heterocycles. The van der Waals surface area contributed by atoms with E-state index in [-0.39, 0.29) is 23.8 Å². The Bertz CT molecular complexity index is 870. The standard InChI is InChI=1S/C25H38ClN5O2/c1-16(2)29-15-20(18-6-8-19(26)9-7-18)25(33)31-11-5-10-30(12-13-31)24(27)22-17(3)14-21(32)23(22)28-4/h6-9,16-17,20-21,27-29,32H,5,10-15H2,1-4H3/t17-,20-,21-/m1/s1. The lowest BCUT2D eigenvalue weighted by molar-refractivity contribution is -0.132. The minimum atomic E-state index is -0.543. The van der Waals surface area contributed by atoms with Gasteiger partial charge in [0.25, 0.3) is 0 Å². The molecular formula is C25H38ClN5O2. The number of nitrogens with zero attached hydrogens (tertiary/aromatic N) is 2. The van der Waals surface area contributed by atoms with E-state index in [1.165, 1.54) is 0 Å². The fraction of sp³-hybridized carbons (Fsp3) is 0.600. The third-order valence-corrected chi connectivity index (χ3v) is 6.89. The van der Waals surface area contributed by atoms with Gasteiger partial charge in [0, 0.05) is 62.1 Å². The molecule has 1 aromatic carbocycles. The molecule has 7 nitrogen and oxygen atoms in total. The summed E-state index contributed by atoms with van der Waals surface area (Å²) in [6.45, 7) is 9.37. The molecule has 8 heteroatoms. The first-order valence-electron chi connectivity index (χ1n) is 11.9. The van der Waals surface area contributed by atoms with Crippen LogP contribution in [0.2, 0.25) is 5.02 Å². The van der Waals surface area contributed by atoms with Crippen LogP contribution in [0.1, 0.15) is 45.1 Å². The minimum Gasteiger partial charge on any atom is -0.389 e. The quantitative estimate of drug-likeness (QED) is 0.359. The van der Waals surface area contributed by atoms with Crippen molar-refractivity contribution in [1.82, 2.24) is 20.4 Å². The Kier molecular flexibility index (Phi) is 8.79. The SMILES string of the molecule is CNC1=C(C(=N)N2CCCN(C(=O)[C@H](CNC(C)C)c3ccc(Cl)cc3)CC2)[C@H](C)C[C@H]1O. The number of halogens is 1. The van der Waals surface area contributed by atoms with Crippen molar-refractivity contribution in [2.75, 3.05) is 39.8 Å². The van der Waals surface area contributed by atoms with Crippen LogP contribution in [0.15, 0.2) is 35.5 Å². The Hall–Kier alpha value is -2.09. The first-order valence-corrected chi connectivity index (χ1v) is 12.3. The molecule has 0 saturated carbocycles. The number of rotatable bonds is 7. The number of likely N-dealkylation sites (N-methyl/N-ethyl adjacent to an activating group) is 1. The summed E-state index contributed by atoms with van der Waals surface area (Å²) in [6, 6.07) is 7.83. The smallest absolute Gasteiger partial charge is 0.231 e. The molecule has 33 heavy (non-hydrogen) atoms. The predicted molar refractivity (Wildman–Crippen MR) is 134 cm³/mol. The minimum absolute atomic E-state index is 0.110. The van der Waals surface area contributed by atoms with Crippen LogP contribution in [0.3, 0.4) is 0 Å². The molecule has 0 spiro atoms.